The molecule has 0 aliphatic heterocycles. The highest BCUT2D eigenvalue weighted by Crippen LogP contribution is 2.30. The second-order valence-corrected chi connectivity index (χ2v) is 5.87. The van der Waals surface area contributed by atoms with Crippen molar-refractivity contribution >= 4 is 23.6 Å². The number of aromatic nitrogens is 3. The Kier molecular flexibility index (Phi) is 3.80. The van der Waals surface area contributed by atoms with Gasteiger partial charge in [0.1, 0.15) is 0 Å². The van der Waals surface area contributed by atoms with Gasteiger partial charge in [-0.15, -0.1) is 11.3 Å². The SMILES string of the molecule is CCC(c1ccccc1)n1c(-c2cccs2)n[nH]c1=S. The molecule has 2 aromatic heterocycles. The molecule has 1 aromatic carbocycles. The van der Waals surface area contributed by atoms with Gasteiger partial charge in [-0.25, -0.2) is 0 Å². The van der Waals surface area contributed by atoms with Crippen LogP contribution in [0.25, 0.3) is 10.7 Å². The number of benzene rings is 1. The van der Waals surface area contributed by atoms with Gasteiger partial charge in [0, 0.05) is 0 Å². The molecule has 3 nitrogen and oxygen atoms in total. The summed E-state index contributed by atoms with van der Waals surface area (Å²) in [6.07, 6.45) is 0.968. The minimum atomic E-state index is 0.208. The van der Waals surface area contributed by atoms with Crippen LogP contribution >= 0.6 is 23.6 Å². The van der Waals surface area contributed by atoms with Gasteiger partial charge in [0.05, 0.1) is 10.9 Å². The van der Waals surface area contributed by atoms with E-state index in [0.717, 1.165) is 17.1 Å². The molecule has 0 fully saturated rings. The molecule has 5 heteroatoms. The molecule has 0 saturated heterocycles. The number of nitrogens with one attached hydrogen (secondary N) is 1. The summed E-state index contributed by atoms with van der Waals surface area (Å²) in [6, 6.07) is 14.8. The first kappa shape index (κ1) is 13.3. The smallest absolute Gasteiger partial charge is 0.196 e. The fourth-order valence-corrected chi connectivity index (χ4v) is 3.39. The molecule has 0 spiro atoms. The number of hydrogen-bond acceptors (Lipinski definition) is 3. The first-order valence-electron chi connectivity index (χ1n) is 6.57. The summed E-state index contributed by atoms with van der Waals surface area (Å²) in [5.74, 6) is 0.917. The number of thiophene rings is 1. The lowest BCUT2D eigenvalue weighted by Crippen LogP contribution is -2.11. The Morgan fingerprint density at radius 2 is 2.05 bits per heavy atom. The van der Waals surface area contributed by atoms with E-state index in [9.17, 15) is 0 Å². The molecule has 3 aromatic rings. The van der Waals surface area contributed by atoms with Gasteiger partial charge in [-0.1, -0.05) is 43.3 Å². The van der Waals surface area contributed by atoms with Crippen LogP contribution in [0.4, 0.5) is 0 Å². The lowest BCUT2D eigenvalue weighted by atomic mass is 10.0. The average Bonchev–Trinajstić information content (AvgIpc) is 3.12. The highest BCUT2D eigenvalue weighted by Gasteiger charge is 2.18. The summed E-state index contributed by atoms with van der Waals surface area (Å²) < 4.78 is 2.79. The number of nitrogens with zero attached hydrogens (tertiary/aromatic N) is 2. The largest absolute Gasteiger partial charge is 0.292 e. The molecule has 0 aliphatic rings. The molecule has 1 atom stereocenters. The van der Waals surface area contributed by atoms with Gasteiger partial charge in [-0.3, -0.25) is 9.67 Å². The van der Waals surface area contributed by atoms with Crippen LogP contribution in [0.3, 0.4) is 0 Å². The van der Waals surface area contributed by atoms with E-state index in [2.05, 4.69) is 57.4 Å². The van der Waals surface area contributed by atoms with E-state index in [1.54, 1.807) is 11.3 Å². The minimum Gasteiger partial charge on any atom is -0.292 e. The fraction of sp³-hybridized carbons (Fsp3) is 0.200. The molecular weight excluding hydrogens is 286 g/mol. The molecule has 0 radical (unpaired) electrons. The third-order valence-electron chi connectivity index (χ3n) is 3.33. The Balaban J connectivity index is 2.14. The van der Waals surface area contributed by atoms with Crippen molar-refractivity contribution in [3.05, 3.63) is 58.2 Å². The third-order valence-corrected chi connectivity index (χ3v) is 4.48. The van der Waals surface area contributed by atoms with E-state index in [4.69, 9.17) is 12.2 Å². The Bertz CT molecular complexity index is 726. The molecule has 20 heavy (non-hydrogen) atoms. The van der Waals surface area contributed by atoms with Crippen molar-refractivity contribution < 1.29 is 0 Å². The molecular formula is C15H15N3S2. The molecule has 102 valence electrons. The zero-order valence-electron chi connectivity index (χ0n) is 11.1. The molecule has 3 rings (SSSR count). The van der Waals surface area contributed by atoms with Gasteiger partial charge >= 0.3 is 0 Å². The molecule has 0 saturated carbocycles. The molecule has 0 aliphatic carbocycles. The summed E-state index contributed by atoms with van der Waals surface area (Å²) in [7, 11) is 0. The number of hydrogen-bond donors (Lipinski definition) is 1. The third kappa shape index (κ3) is 2.34. The van der Waals surface area contributed by atoms with E-state index >= 15 is 0 Å². The van der Waals surface area contributed by atoms with Crippen LogP contribution in [0.2, 0.25) is 0 Å². The van der Waals surface area contributed by atoms with E-state index in [0.29, 0.717) is 4.77 Å². The predicted octanol–water partition coefficient (Wildman–Crippen LogP) is 4.67. The maximum atomic E-state index is 5.44. The van der Waals surface area contributed by atoms with Gasteiger partial charge in [0.2, 0.25) is 0 Å². The highest BCUT2D eigenvalue weighted by molar-refractivity contribution is 7.71. The first-order valence-corrected chi connectivity index (χ1v) is 7.85. The van der Waals surface area contributed by atoms with Crippen molar-refractivity contribution in [2.75, 3.05) is 0 Å². The summed E-state index contributed by atoms with van der Waals surface area (Å²) >= 11 is 7.12. The zero-order chi connectivity index (χ0) is 13.9. The van der Waals surface area contributed by atoms with Crippen LogP contribution in [0.15, 0.2) is 47.8 Å². The second-order valence-electron chi connectivity index (χ2n) is 4.53. The van der Waals surface area contributed by atoms with Gasteiger partial charge < -0.3 is 0 Å². The van der Waals surface area contributed by atoms with Gasteiger partial charge in [-0.2, -0.15) is 5.10 Å². The summed E-state index contributed by atoms with van der Waals surface area (Å²) in [6.45, 7) is 2.17. The zero-order valence-corrected chi connectivity index (χ0v) is 12.7. The van der Waals surface area contributed by atoms with Crippen molar-refractivity contribution in [1.82, 2.24) is 14.8 Å². The monoisotopic (exact) mass is 301 g/mol. The Labute approximate surface area is 126 Å². The van der Waals surface area contributed by atoms with Crippen LogP contribution in [0, 0.1) is 4.77 Å². The summed E-state index contributed by atoms with van der Waals surface area (Å²) in [4.78, 5) is 1.13. The van der Waals surface area contributed by atoms with Gasteiger partial charge in [-0.05, 0) is 35.6 Å². The van der Waals surface area contributed by atoms with Crippen molar-refractivity contribution in [2.24, 2.45) is 0 Å². The quantitative estimate of drug-likeness (QED) is 0.711. The van der Waals surface area contributed by atoms with Crippen LogP contribution in [0.5, 0.6) is 0 Å². The standard InChI is InChI=1S/C15H15N3S2/c1-2-12(11-7-4-3-5-8-11)18-14(16-17-15(18)19)13-9-6-10-20-13/h3-10,12H,2H2,1H3,(H,17,19). The average molecular weight is 301 g/mol. The van der Waals surface area contributed by atoms with E-state index in [1.165, 1.54) is 5.56 Å². The van der Waals surface area contributed by atoms with Crippen LogP contribution in [-0.4, -0.2) is 14.8 Å². The van der Waals surface area contributed by atoms with Crippen molar-refractivity contribution in [3.8, 4) is 10.7 Å². The lowest BCUT2D eigenvalue weighted by Gasteiger charge is -2.18. The van der Waals surface area contributed by atoms with Crippen molar-refractivity contribution in [3.63, 3.8) is 0 Å². The fourth-order valence-electron chi connectivity index (χ4n) is 2.42. The first-order chi connectivity index (χ1) is 9.81. The maximum absolute atomic E-state index is 5.44. The Hall–Kier alpha value is -1.72. The minimum absolute atomic E-state index is 0.208. The number of rotatable bonds is 4. The second kappa shape index (κ2) is 5.73. The Morgan fingerprint density at radius 1 is 1.25 bits per heavy atom. The van der Waals surface area contributed by atoms with Crippen molar-refractivity contribution in [1.29, 1.82) is 0 Å². The number of aromatic amines is 1. The predicted molar refractivity (Wildman–Crippen MR) is 85.6 cm³/mol. The normalized spacial score (nSPS) is 12.4. The summed E-state index contributed by atoms with van der Waals surface area (Å²) in [5, 5.41) is 9.40. The van der Waals surface area contributed by atoms with E-state index < -0.39 is 0 Å². The van der Waals surface area contributed by atoms with Crippen LogP contribution in [-0.2, 0) is 0 Å². The molecule has 2 heterocycles. The van der Waals surface area contributed by atoms with Gasteiger partial charge in [0.15, 0.2) is 10.6 Å². The highest BCUT2D eigenvalue weighted by atomic mass is 32.1. The van der Waals surface area contributed by atoms with Gasteiger partial charge in [0.25, 0.3) is 0 Å². The number of H-pyrrole nitrogens is 1. The van der Waals surface area contributed by atoms with Crippen LogP contribution < -0.4 is 0 Å². The molecule has 0 bridgehead atoms. The molecule has 1 unspecified atom stereocenters. The lowest BCUT2D eigenvalue weighted by molar-refractivity contribution is 0.564. The van der Waals surface area contributed by atoms with E-state index in [1.807, 2.05) is 12.1 Å². The summed E-state index contributed by atoms with van der Waals surface area (Å²) in [5.41, 5.74) is 1.25. The molecule has 0 amide bonds. The topological polar surface area (TPSA) is 33.6 Å². The Morgan fingerprint density at radius 3 is 2.70 bits per heavy atom. The van der Waals surface area contributed by atoms with Crippen LogP contribution in [0.1, 0.15) is 24.9 Å². The van der Waals surface area contributed by atoms with E-state index in [-0.39, 0.29) is 6.04 Å². The maximum Gasteiger partial charge on any atom is 0.196 e. The molecule has 1 N–H and O–H groups in total. The van der Waals surface area contributed by atoms with Crippen molar-refractivity contribution in [2.45, 2.75) is 19.4 Å².